The van der Waals surface area contributed by atoms with Crippen LogP contribution < -0.4 is 0 Å². The molecule has 140 valence electrons. The molecule has 26 heavy (non-hydrogen) atoms. The van der Waals surface area contributed by atoms with Crippen LogP contribution in [0.5, 0.6) is 0 Å². The molecule has 3 heteroatoms. The van der Waals surface area contributed by atoms with E-state index in [9.17, 15) is 4.39 Å². The molecule has 2 aromatic carbocycles. The average Bonchev–Trinajstić information content (AvgIpc) is 2.62. The number of piperidine rings is 1. The molecule has 3 rings (SSSR count). The van der Waals surface area contributed by atoms with E-state index in [1.165, 1.54) is 42.0 Å². The van der Waals surface area contributed by atoms with Crippen LogP contribution in [0.1, 0.15) is 44.7 Å². The number of hydrogen-bond donors (Lipinski definition) is 0. The van der Waals surface area contributed by atoms with E-state index in [-0.39, 0.29) is 11.2 Å². The van der Waals surface area contributed by atoms with Gasteiger partial charge in [-0.1, -0.05) is 45.0 Å². The highest BCUT2D eigenvalue weighted by Gasteiger charge is 2.20. The summed E-state index contributed by atoms with van der Waals surface area (Å²) in [6, 6.07) is 16.0. The van der Waals surface area contributed by atoms with Gasteiger partial charge in [-0.3, -0.25) is 0 Å². The fraction of sp³-hybridized carbons (Fsp3) is 0.478. The Morgan fingerprint density at radius 1 is 0.962 bits per heavy atom. The Balaban J connectivity index is 1.43. The summed E-state index contributed by atoms with van der Waals surface area (Å²) in [6.45, 7) is 10.2. The van der Waals surface area contributed by atoms with E-state index < -0.39 is 0 Å². The quantitative estimate of drug-likeness (QED) is 0.641. The average molecular weight is 372 g/mol. The lowest BCUT2D eigenvalue weighted by Crippen LogP contribution is -2.36. The van der Waals surface area contributed by atoms with Gasteiger partial charge >= 0.3 is 0 Å². The molecule has 1 saturated heterocycles. The number of hydrogen-bond acceptors (Lipinski definition) is 2. The molecule has 1 aliphatic rings. The van der Waals surface area contributed by atoms with Crippen LogP contribution in [0.25, 0.3) is 0 Å². The lowest BCUT2D eigenvalue weighted by atomic mass is 9.87. The Kier molecular flexibility index (Phi) is 6.42. The summed E-state index contributed by atoms with van der Waals surface area (Å²) >= 11 is 2.03. The maximum Gasteiger partial charge on any atom is 0.123 e. The largest absolute Gasteiger partial charge is 0.303 e. The van der Waals surface area contributed by atoms with E-state index >= 15 is 0 Å². The van der Waals surface area contributed by atoms with E-state index in [0.29, 0.717) is 0 Å². The number of halogens is 1. The van der Waals surface area contributed by atoms with Crippen LogP contribution in [0.4, 0.5) is 4.39 Å². The van der Waals surface area contributed by atoms with Crippen molar-refractivity contribution in [3.63, 3.8) is 0 Å². The van der Waals surface area contributed by atoms with E-state index in [0.717, 1.165) is 18.2 Å². The zero-order valence-corrected chi connectivity index (χ0v) is 17.0. The molecule has 0 atom stereocenters. The van der Waals surface area contributed by atoms with Gasteiger partial charge in [0.05, 0.1) is 0 Å². The van der Waals surface area contributed by atoms with Crippen molar-refractivity contribution in [1.29, 1.82) is 0 Å². The highest BCUT2D eigenvalue weighted by molar-refractivity contribution is 8.00. The monoisotopic (exact) mass is 371 g/mol. The molecule has 0 spiro atoms. The Morgan fingerprint density at radius 2 is 1.58 bits per heavy atom. The van der Waals surface area contributed by atoms with Crippen LogP contribution in [-0.2, 0) is 11.8 Å². The highest BCUT2D eigenvalue weighted by Crippen LogP contribution is 2.32. The topological polar surface area (TPSA) is 3.24 Å². The molecule has 2 aromatic rings. The van der Waals surface area contributed by atoms with Crippen LogP contribution in [0.2, 0.25) is 0 Å². The normalized spacial score (nSPS) is 16.8. The summed E-state index contributed by atoms with van der Waals surface area (Å²) in [5.74, 6) is -0.151. The Morgan fingerprint density at radius 3 is 2.15 bits per heavy atom. The molecular formula is C23H30FNS. The van der Waals surface area contributed by atoms with Crippen molar-refractivity contribution in [2.45, 2.75) is 55.6 Å². The summed E-state index contributed by atoms with van der Waals surface area (Å²) < 4.78 is 13.0. The van der Waals surface area contributed by atoms with Crippen molar-refractivity contribution in [3.8, 4) is 0 Å². The predicted molar refractivity (Wildman–Crippen MR) is 111 cm³/mol. The molecule has 0 bridgehead atoms. The fourth-order valence-electron chi connectivity index (χ4n) is 3.41. The number of likely N-dealkylation sites (tertiary alicyclic amines) is 1. The third kappa shape index (κ3) is 5.59. The highest BCUT2D eigenvalue weighted by atomic mass is 32.2. The van der Waals surface area contributed by atoms with Crippen LogP contribution in [-0.4, -0.2) is 29.8 Å². The molecule has 0 radical (unpaired) electrons. The molecule has 0 amide bonds. The van der Waals surface area contributed by atoms with Gasteiger partial charge in [-0.25, -0.2) is 4.39 Å². The van der Waals surface area contributed by atoms with Gasteiger partial charge in [0.1, 0.15) is 5.82 Å². The lowest BCUT2D eigenvalue weighted by molar-refractivity contribution is 0.235. The minimum Gasteiger partial charge on any atom is -0.303 e. The summed E-state index contributed by atoms with van der Waals surface area (Å²) in [5.41, 5.74) is 2.85. The first-order valence-corrected chi connectivity index (χ1v) is 10.5. The Bertz CT molecular complexity index is 680. The molecule has 1 fully saturated rings. The number of nitrogens with zero attached hydrogens (tertiary/aromatic N) is 1. The van der Waals surface area contributed by atoms with Crippen molar-refractivity contribution in [1.82, 2.24) is 4.90 Å². The van der Waals surface area contributed by atoms with Gasteiger partial charge in [0, 0.05) is 16.7 Å². The zero-order valence-electron chi connectivity index (χ0n) is 16.2. The van der Waals surface area contributed by atoms with Crippen LogP contribution >= 0.6 is 11.8 Å². The van der Waals surface area contributed by atoms with E-state index in [2.05, 4.69) is 49.9 Å². The SMILES string of the molecule is CC(C)(C)c1ccc(SC2CCN(CCc3ccc(F)cc3)CC2)cc1. The second-order valence-electron chi connectivity index (χ2n) is 8.31. The standard InChI is InChI=1S/C23H30FNS/c1-23(2,3)19-6-10-21(11-7-19)26-22-13-16-25(17-14-22)15-12-18-4-8-20(24)9-5-18/h4-11,22H,12-17H2,1-3H3. The number of thioether (sulfide) groups is 1. The third-order valence-electron chi connectivity index (χ3n) is 5.19. The minimum atomic E-state index is -0.151. The first-order valence-electron chi connectivity index (χ1n) is 9.64. The third-order valence-corrected chi connectivity index (χ3v) is 6.54. The van der Waals surface area contributed by atoms with Crippen molar-refractivity contribution in [2.75, 3.05) is 19.6 Å². The molecule has 0 unspecified atom stereocenters. The first kappa shape index (κ1) is 19.4. The van der Waals surface area contributed by atoms with Gasteiger partial charge < -0.3 is 4.90 Å². The molecule has 0 saturated carbocycles. The van der Waals surface area contributed by atoms with Gasteiger partial charge in [-0.2, -0.15) is 0 Å². The number of rotatable bonds is 5. The summed E-state index contributed by atoms with van der Waals surface area (Å²) in [5, 5.41) is 0.720. The van der Waals surface area contributed by atoms with E-state index in [1.807, 2.05) is 23.9 Å². The van der Waals surface area contributed by atoms with Gasteiger partial charge in [0.2, 0.25) is 0 Å². The first-order chi connectivity index (χ1) is 12.4. The summed E-state index contributed by atoms with van der Waals surface area (Å²) in [4.78, 5) is 3.94. The molecule has 0 N–H and O–H groups in total. The maximum atomic E-state index is 13.0. The van der Waals surface area contributed by atoms with E-state index in [1.54, 1.807) is 12.1 Å². The van der Waals surface area contributed by atoms with Gasteiger partial charge in [0.25, 0.3) is 0 Å². The van der Waals surface area contributed by atoms with Crippen LogP contribution in [0.15, 0.2) is 53.4 Å². The molecule has 0 aromatic heterocycles. The van der Waals surface area contributed by atoms with Gasteiger partial charge in [-0.05, 0) is 73.2 Å². The molecular weight excluding hydrogens is 341 g/mol. The van der Waals surface area contributed by atoms with Crippen molar-refractivity contribution >= 4 is 11.8 Å². The molecule has 0 aliphatic carbocycles. The van der Waals surface area contributed by atoms with Crippen LogP contribution in [0, 0.1) is 5.82 Å². The summed E-state index contributed by atoms with van der Waals surface area (Å²) in [6.07, 6.45) is 3.50. The lowest BCUT2D eigenvalue weighted by Gasteiger charge is -2.31. The summed E-state index contributed by atoms with van der Waals surface area (Å²) in [7, 11) is 0. The van der Waals surface area contributed by atoms with E-state index in [4.69, 9.17) is 0 Å². The Hall–Kier alpha value is -1.32. The minimum absolute atomic E-state index is 0.151. The molecule has 1 aliphatic heterocycles. The van der Waals surface area contributed by atoms with Gasteiger partial charge in [0.15, 0.2) is 0 Å². The predicted octanol–water partition coefficient (Wildman–Crippen LogP) is 5.92. The molecule has 1 heterocycles. The number of benzene rings is 2. The van der Waals surface area contributed by atoms with Crippen molar-refractivity contribution < 1.29 is 4.39 Å². The Labute approximate surface area is 162 Å². The second kappa shape index (κ2) is 8.58. The second-order valence-corrected chi connectivity index (χ2v) is 9.68. The fourth-order valence-corrected chi connectivity index (χ4v) is 4.54. The van der Waals surface area contributed by atoms with Crippen molar-refractivity contribution in [3.05, 3.63) is 65.5 Å². The van der Waals surface area contributed by atoms with Crippen molar-refractivity contribution in [2.24, 2.45) is 0 Å². The smallest absolute Gasteiger partial charge is 0.123 e. The van der Waals surface area contributed by atoms with Crippen LogP contribution in [0.3, 0.4) is 0 Å². The maximum absolute atomic E-state index is 13.0. The molecule has 1 nitrogen and oxygen atoms in total. The zero-order chi connectivity index (χ0) is 18.6. The van der Waals surface area contributed by atoms with Gasteiger partial charge in [-0.15, -0.1) is 11.8 Å².